The molecule has 3 aromatic heterocycles. The number of benzene rings is 1. The Bertz CT molecular complexity index is 1130. The quantitative estimate of drug-likeness (QED) is 0.426. The summed E-state index contributed by atoms with van der Waals surface area (Å²) in [4.78, 5) is 19.2. The number of furan rings is 1. The standard InChI is InChI=1S/C18H16N6O3/c1-11-3-5-12(6-4-11)9-19-16-13-10-20-23(2)18(13)22-17(21-16)14-7-8-15(27-14)24(25)26/h3-8,10H,9H2,1-2H3,(H,19,21,22). The molecule has 0 amide bonds. The van der Waals surface area contributed by atoms with E-state index >= 15 is 0 Å². The lowest BCUT2D eigenvalue weighted by molar-refractivity contribution is -0.401. The fourth-order valence-electron chi connectivity index (χ4n) is 2.70. The van der Waals surface area contributed by atoms with Crippen LogP contribution in [0.15, 0.2) is 47.0 Å². The van der Waals surface area contributed by atoms with Gasteiger partial charge in [0.05, 0.1) is 17.6 Å². The minimum absolute atomic E-state index is 0.225. The maximum atomic E-state index is 10.9. The number of aromatic nitrogens is 4. The fourth-order valence-corrected chi connectivity index (χ4v) is 2.70. The Kier molecular flexibility index (Phi) is 4.03. The Morgan fingerprint density at radius 1 is 1.19 bits per heavy atom. The van der Waals surface area contributed by atoms with Crippen molar-refractivity contribution in [2.45, 2.75) is 13.5 Å². The molecule has 0 aliphatic heterocycles. The van der Waals surface area contributed by atoms with E-state index in [1.807, 2.05) is 31.2 Å². The average molecular weight is 364 g/mol. The zero-order valence-electron chi connectivity index (χ0n) is 14.7. The van der Waals surface area contributed by atoms with E-state index in [4.69, 9.17) is 4.42 Å². The Hall–Kier alpha value is -3.75. The number of nitrogens with one attached hydrogen (secondary N) is 1. The first-order valence-electron chi connectivity index (χ1n) is 8.25. The van der Waals surface area contributed by atoms with Gasteiger partial charge >= 0.3 is 5.88 Å². The van der Waals surface area contributed by atoms with Gasteiger partial charge in [0.1, 0.15) is 10.7 Å². The number of anilines is 1. The summed E-state index contributed by atoms with van der Waals surface area (Å²) < 4.78 is 6.87. The maximum Gasteiger partial charge on any atom is 0.433 e. The van der Waals surface area contributed by atoms with Crippen LogP contribution < -0.4 is 5.32 Å². The van der Waals surface area contributed by atoms with Crippen LogP contribution in [0, 0.1) is 17.0 Å². The Morgan fingerprint density at radius 3 is 2.67 bits per heavy atom. The van der Waals surface area contributed by atoms with Crippen molar-refractivity contribution in [1.29, 1.82) is 0 Å². The van der Waals surface area contributed by atoms with Crippen LogP contribution in [0.4, 0.5) is 11.7 Å². The molecule has 0 radical (unpaired) electrons. The predicted molar refractivity (Wildman–Crippen MR) is 99.2 cm³/mol. The van der Waals surface area contributed by atoms with Gasteiger partial charge < -0.3 is 9.73 Å². The molecule has 136 valence electrons. The first kappa shape index (κ1) is 16.7. The number of hydrogen-bond donors (Lipinski definition) is 1. The zero-order valence-corrected chi connectivity index (χ0v) is 14.7. The number of aryl methyl sites for hydroxylation is 2. The second kappa shape index (κ2) is 6.52. The van der Waals surface area contributed by atoms with Crippen molar-refractivity contribution in [2.24, 2.45) is 7.05 Å². The second-order valence-corrected chi connectivity index (χ2v) is 6.14. The topological polar surface area (TPSA) is 112 Å². The Labute approximate surface area is 153 Å². The molecule has 0 aliphatic rings. The van der Waals surface area contributed by atoms with E-state index in [2.05, 4.69) is 20.4 Å². The molecule has 0 saturated carbocycles. The minimum Gasteiger partial charge on any atom is -0.397 e. The number of nitrogens with zero attached hydrogens (tertiary/aromatic N) is 5. The van der Waals surface area contributed by atoms with E-state index in [0.29, 0.717) is 18.0 Å². The van der Waals surface area contributed by atoms with Crippen molar-refractivity contribution >= 4 is 22.7 Å². The molecule has 0 aliphatic carbocycles. The van der Waals surface area contributed by atoms with Gasteiger partial charge in [-0.15, -0.1) is 0 Å². The second-order valence-electron chi connectivity index (χ2n) is 6.14. The average Bonchev–Trinajstić information content (AvgIpc) is 3.29. The summed E-state index contributed by atoms with van der Waals surface area (Å²) in [6.07, 6.45) is 1.68. The highest BCUT2D eigenvalue weighted by atomic mass is 16.6. The molecular weight excluding hydrogens is 348 g/mol. The molecule has 4 rings (SSSR count). The molecular formula is C18H16N6O3. The van der Waals surface area contributed by atoms with Crippen LogP contribution in [0.2, 0.25) is 0 Å². The Balaban J connectivity index is 1.72. The molecule has 0 atom stereocenters. The Morgan fingerprint density at radius 2 is 1.96 bits per heavy atom. The molecule has 0 saturated heterocycles. The highest BCUT2D eigenvalue weighted by Gasteiger charge is 2.18. The van der Waals surface area contributed by atoms with E-state index in [1.54, 1.807) is 17.9 Å². The van der Waals surface area contributed by atoms with Gasteiger partial charge in [-0.1, -0.05) is 29.8 Å². The number of nitro groups is 1. The number of hydrogen-bond acceptors (Lipinski definition) is 7. The van der Waals surface area contributed by atoms with Crippen LogP contribution in [0.25, 0.3) is 22.6 Å². The van der Waals surface area contributed by atoms with Gasteiger partial charge in [-0.05, 0) is 18.6 Å². The van der Waals surface area contributed by atoms with Crippen molar-refractivity contribution < 1.29 is 9.34 Å². The lowest BCUT2D eigenvalue weighted by Crippen LogP contribution is -2.04. The number of rotatable bonds is 5. The van der Waals surface area contributed by atoms with Gasteiger partial charge in [-0.3, -0.25) is 14.8 Å². The number of fused-ring (bicyclic) bond motifs is 1. The molecule has 1 aromatic carbocycles. The molecule has 0 unspecified atom stereocenters. The minimum atomic E-state index is -0.595. The van der Waals surface area contributed by atoms with Crippen LogP contribution in [0.1, 0.15) is 11.1 Å². The lowest BCUT2D eigenvalue weighted by atomic mass is 10.1. The van der Waals surface area contributed by atoms with E-state index in [1.165, 1.54) is 17.7 Å². The molecule has 9 nitrogen and oxygen atoms in total. The highest BCUT2D eigenvalue weighted by molar-refractivity contribution is 5.87. The summed E-state index contributed by atoms with van der Waals surface area (Å²) in [7, 11) is 1.77. The van der Waals surface area contributed by atoms with Gasteiger partial charge in [0.2, 0.25) is 0 Å². The van der Waals surface area contributed by atoms with Crippen molar-refractivity contribution in [1.82, 2.24) is 19.7 Å². The SMILES string of the molecule is Cc1ccc(CNc2nc(-c3ccc([N+](=O)[O-])o3)nc3c2cnn3C)cc1. The summed E-state index contributed by atoms with van der Waals surface area (Å²) in [5.74, 6) is 0.712. The molecule has 1 N–H and O–H groups in total. The van der Waals surface area contributed by atoms with Crippen LogP contribution in [0.3, 0.4) is 0 Å². The van der Waals surface area contributed by atoms with Crippen LogP contribution >= 0.6 is 0 Å². The zero-order chi connectivity index (χ0) is 19.0. The van der Waals surface area contributed by atoms with Crippen molar-refractivity contribution in [2.75, 3.05) is 5.32 Å². The molecule has 3 heterocycles. The summed E-state index contributed by atoms with van der Waals surface area (Å²) in [6, 6.07) is 10.9. The third-order valence-corrected chi connectivity index (χ3v) is 4.16. The van der Waals surface area contributed by atoms with Gasteiger partial charge in [0.15, 0.2) is 17.2 Å². The fraction of sp³-hybridized carbons (Fsp3) is 0.167. The summed E-state index contributed by atoms with van der Waals surface area (Å²) in [5.41, 5.74) is 2.90. The van der Waals surface area contributed by atoms with Gasteiger partial charge in [-0.25, -0.2) is 9.97 Å². The molecule has 9 heteroatoms. The molecule has 0 spiro atoms. The van der Waals surface area contributed by atoms with Crippen LogP contribution in [-0.4, -0.2) is 24.7 Å². The third kappa shape index (κ3) is 3.22. The van der Waals surface area contributed by atoms with Crippen molar-refractivity contribution in [3.05, 3.63) is 63.8 Å². The highest BCUT2D eigenvalue weighted by Crippen LogP contribution is 2.28. The van der Waals surface area contributed by atoms with E-state index in [-0.39, 0.29) is 17.5 Å². The van der Waals surface area contributed by atoms with E-state index in [0.717, 1.165) is 10.9 Å². The largest absolute Gasteiger partial charge is 0.433 e. The smallest absolute Gasteiger partial charge is 0.397 e. The van der Waals surface area contributed by atoms with E-state index < -0.39 is 4.92 Å². The predicted octanol–water partition coefficient (Wildman–Crippen LogP) is 3.45. The molecule has 4 aromatic rings. The molecule has 27 heavy (non-hydrogen) atoms. The first-order valence-corrected chi connectivity index (χ1v) is 8.25. The van der Waals surface area contributed by atoms with Crippen LogP contribution in [-0.2, 0) is 13.6 Å². The van der Waals surface area contributed by atoms with Crippen LogP contribution in [0.5, 0.6) is 0 Å². The summed E-state index contributed by atoms with van der Waals surface area (Å²) in [6.45, 7) is 2.61. The summed E-state index contributed by atoms with van der Waals surface area (Å²) in [5, 5.41) is 19.1. The molecule has 0 fully saturated rings. The maximum absolute atomic E-state index is 10.9. The third-order valence-electron chi connectivity index (χ3n) is 4.16. The normalized spacial score (nSPS) is 11.0. The molecule has 0 bridgehead atoms. The monoisotopic (exact) mass is 364 g/mol. The summed E-state index contributed by atoms with van der Waals surface area (Å²) >= 11 is 0. The van der Waals surface area contributed by atoms with Crippen molar-refractivity contribution in [3.63, 3.8) is 0 Å². The van der Waals surface area contributed by atoms with Gasteiger partial charge in [0.25, 0.3) is 0 Å². The lowest BCUT2D eigenvalue weighted by Gasteiger charge is -2.08. The van der Waals surface area contributed by atoms with Gasteiger partial charge in [0, 0.05) is 13.6 Å². The van der Waals surface area contributed by atoms with Crippen molar-refractivity contribution in [3.8, 4) is 11.6 Å². The first-order chi connectivity index (χ1) is 13.0. The van der Waals surface area contributed by atoms with E-state index in [9.17, 15) is 10.1 Å². The van der Waals surface area contributed by atoms with Gasteiger partial charge in [-0.2, -0.15) is 5.10 Å².